The molecule has 0 saturated carbocycles. The van der Waals surface area contributed by atoms with E-state index >= 15 is 0 Å². The van der Waals surface area contributed by atoms with Crippen LogP contribution in [0, 0.1) is 6.92 Å². The van der Waals surface area contributed by atoms with Crippen LogP contribution < -0.4 is 5.32 Å². The van der Waals surface area contributed by atoms with Crippen LogP contribution in [0.3, 0.4) is 0 Å². The predicted molar refractivity (Wildman–Crippen MR) is 122 cm³/mol. The van der Waals surface area contributed by atoms with Crippen LogP contribution in [-0.4, -0.2) is 35.7 Å². The number of benzene rings is 3. The van der Waals surface area contributed by atoms with E-state index in [2.05, 4.69) is 5.32 Å². The van der Waals surface area contributed by atoms with Gasteiger partial charge in [0.1, 0.15) is 0 Å². The van der Waals surface area contributed by atoms with Crippen molar-refractivity contribution in [1.82, 2.24) is 4.90 Å². The van der Waals surface area contributed by atoms with E-state index in [0.29, 0.717) is 11.3 Å². The fraction of sp³-hybridized carbons (Fsp3) is 0.154. The molecule has 0 spiro atoms. The number of anilines is 1. The smallest absolute Gasteiger partial charge is 0.337 e. The Labute approximate surface area is 191 Å². The van der Waals surface area contributed by atoms with Crippen molar-refractivity contribution in [3.8, 4) is 0 Å². The second kappa shape index (κ2) is 8.70. The van der Waals surface area contributed by atoms with Crippen LogP contribution >= 0.6 is 0 Å². The van der Waals surface area contributed by atoms with Crippen molar-refractivity contribution >= 4 is 29.4 Å². The molecule has 166 valence electrons. The number of rotatable bonds is 5. The first-order valence-electron chi connectivity index (χ1n) is 10.4. The Morgan fingerprint density at radius 1 is 0.879 bits per heavy atom. The Morgan fingerprint density at radius 3 is 2.24 bits per heavy atom. The number of imide groups is 1. The summed E-state index contributed by atoms with van der Waals surface area (Å²) < 4.78 is 4.73. The molecule has 1 atom stereocenters. The number of hydrogen-bond acceptors (Lipinski definition) is 5. The normalized spacial score (nSPS) is 13.5. The number of methoxy groups -OCH3 is 1. The monoisotopic (exact) mass is 442 g/mol. The minimum Gasteiger partial charge on any atom is -0.465 e. The Bertz CT molecular complexity index is 1280. The van der Waals surface area contributed by atoms with Gasteiger partial charge in [-0.05, 0) is 55.3 Å². The van der Waals surface area contributed by atoms with Gasteiger partial charge in [0.05, 0.1) is 29.8 Å². The maximum atomic E-state index is 13.1. The molecular weight excluding hydrogens is 420 g/mol. The lowest BCUT2D eigenvalue weighted by Crippen LogP contribution is -2.32. The number of aryl methyl sites for hydroxylation is 1. The predicted octanol–water partition coefficient (Wildman–Crippen LogP) is 4.39. The molecule has 1 heterocycles. The van der Waals surface area contributed by atoms with Crippen LogP contribution in [0.4, 0.5) is 5.69 Å². The molecule has 4 rings (SSSR count). The average Bonchev–Trinajstić information content (AvgIpc) is 3.09. The second-order valence-corrected chi connectivity index (χ2v) is 7.80. The number of hydrogen-bond donors (Lipinski definition) is 1. The van der Waals surface area contributed by atoms with Crippen LogP contribution in [0.25, 0.3) is 0 Å². The van der Waals surface area contributed by atoms with Crippen LogP contribution in [0.2, 0.25) is 0 Å². The molecule has 3 amide bonds. The summed E-state index contributed by atoms with van der Waals surface area (Å²) in [4.78, 5) is 51.9. The van der Waals surface area contributed by atoms with E-state index in [9.17, 15) is 19.2 Å². The maximum absolute atomic E-state index is 13.1. The standard InChI is InChI=1S/C26H22N2O5/c1-15-9-10-19(26(32)33-3)14-22(15)27-23(29)18-11-12-20-21(13-18)25(31)28(24(20)30)16(2)17-7-5-4-6-8-17/h4-14,16H,1-3H3,(H,27,29). The van der Waals surface area contributed by atoms with Gasteiger partial charge in [-0.25, -0.2) is 4.79 Å². The van der Waals surface area contributed by atoms with Gasteiger partial charge >= 0.3 is 5.97 Å². The van der Waals surface area contributed by atoms with Crippen molar-refractivity contribution in [3.05, 3.63) is 100 Å². The second-order valence-electron chi connectivity index (χ2n) is 7.80. The van der Waals surface area contributed by atoms with Crippen LogP contribution in [0.5, 0.6) is 0 Å². The van der Waals surface area contributed by atoms with Crippen molar-refractivity contribution in [2.45, 2.75) is 19.9 Å². The summed E-state index contributed by atoms with van der Waals surface area (Å²) in [7, 11) is 1.28. The number of carbonyl (C=O) groups is 4. The molecule has 33 heavy (non-hydrogen) atoms. The van der Waals surface area contributed by atoms with Crippen LogP contribution in [-0.2, 0) is 4.74 Å². The maximum Gasteiger partial charge on any atom is 0.337 e. The number of amides is 3. The summed E-state index contributed by atoms with van der Waals surface area (Å²) in [6.07, 6.45) is 0. The number of fused-ring (bicyclic) bond motifs is 1. The van der Waals surface area contributed by atoms with Crippen LogP contribution in [0.1, 0.15) is 65.5 Å². The molecule has 3 aromatic carbocycles. The number of carbonyl (C=O) groups excluding carboxylic acids is 4. The molecule has 0 radical (unpaired) electrons. The highest BCUT2D eigenvalue weighted by Crippen LogP contribution is 2.32. The summed E-state index contributed by atoms with van der Waals surface area (Å²) in [5.41, 5.74) is 3.03. The quantitative estimate of drug-likeness (QED) is 0.467. The van der Waals surface area contributed by atoms with Crippen LogP contribution in [0.15, 0.2) is 66.7 Å². The van der Waals surface area contributed by atoms with E-state index in [0.717, 1.165) is 11.1 Å². The molecule has 1 N–H and O–H groups in total. The van der Waals surface area contributed by atoms with Crippen molar-refractivity contribution in [2.24, 2.45) is 0 Å². The van der Waals surface area contributed by atoms with Crippen molar-refractivity contribution in [2.75, 3.05) is 12.4 Å². The largest absolute Gasteiger partial charge is 0.465 e. The fourth-order valence-corrected chi connectivity index (χ4v) is 3.83. The van der Waals surface area contributed by atoms with E-state index in [1.807, 2.05) is 30.3 Å². The van der Waals surface area contributed by atoms with E-state index in [-0.39, 0.29) is 22.6 Å². The lowest BCUT2D eigenvalue weighted by molar-refractivity contribution is 0.0586. The van der Waals surface area contributed by atoms with Crippen molar-refractivity contribution in [3.63, 3.8) is 0 Å². The zero-order chi connectivity index (χ0) is 23.7. The Kier molecular flexibility index (Phi) is 5.79. The van der Waals surface area contributed by atoms with Gasteiger partial charge in [-0.1, -0.05) is 36.4 Å². The summed E-state index contributed by atoms with van der Waals surface area (Å²) in [5.74, 6) is -1.80. The Morgan fingerprint density at radius 2 is 1.55 bits per heavy atom. The third-order valence-corrected chi connectivity index (χ3v) is 5.76. The van der Waals surface area contributed by atoms with E-state index in [4.69, 9.17) is 4.74 Å². The van der Waals surface area contributed by atoms with Gasteiger partial charge in [-0.3, -0.25) is 19.3 Å². The first-order chi connectivity index (χ1) is 15.8. The van der Waals surface area contributed by atoms with Gasteiger partial charge in [0.25, 0.3) is 17.7 Å². The van der Waals surface area contributed by atoms with Gasteiger partial charge in [-0.15, -0.1) is 0 Å². The van der Waals surface area contributed by atoms with E-state index in [1.165, 1.54) is 36.3 Å². The molecule has 1 unspecified atom stereocenters. The minimum absolute atomic E-state index is 0.190. The SMILES string of the molecule is COC(=O)c1ccc(C)c(NC(=O)c2ccc3c(c2)C(=O)N(C(C)c2ccccc2)C3=O)c1. The van der Waals surface area contributed by atoms with Gasteiger partial charge in [0.2, 0.25) is 0 Å². The highest BCUT2D eigenvalue weighted by Gasteiger charge is 2.39. The third-order valence-electron chi connectivity index (χ3n) is 5.76. The molecule has 7 nitrogen and oxygen atoms in total. The third kappa shape index (κ3) is 4.01. The van der Waals surface area contributed by atoms with Gasteiger partial charge in [0, 0.05) is 11.3 Å². The highest BCUT2D eigenvalue weighted by atomic mass is 16.5. The number of nitrogens with zero attached hydrogens (tertiary/aromatic N) is 1. The van der Waals surface area contributed by atoms with Gasteiger partial charge < -0.3 is 10.1 Å². The summed E-state index contributed by atoms with van der Waals surface area (Å²) >= 11 is 0. The Balaban J connectivity index is 1.60. The lowest BCUT2D eigenvalue weighted by atomic mass is 10.0. The molecule has 0 saturated heterocycles. The lowest BCUT2D eigenvalue weighted by Gasteiger charge is -2.22. The van der Waals surface area contributed by atoms with E-state index < -0.39 is 23.8 Å². The number of ether oxygens (including phenoxy) is 1. The molecule has 3 aromatic rings. The number of nitrogens with one attached hydrogen (secondary N) is 1. The molecular formula is C26H22N2O5. The molecule has 1 aliphatic heterocycles. The zero-order valence-corrected chi connectivity index (χ0v) is 18.4. The number of esters is 1. The van der Waals surface area contributed by atoms with Crippen molar-refractivity contribution in [1.29, 1.82) is 0 Å². The van der Waals surface area contributed by atoms with Gasteiger partial charge in [0.15, 0.2) is 0 Å². The molecule has 0 fully saturated rings. The van der Waals surface area contributed by atoms with Crippen molar-refractivity contribution < 1.29 is 23.9 Å². The molecule has 1 aliphatic rings. The Hall–Kier alpha value is -4.26. The average molecular weight is 442 g/mol. The first-order valence-corrected chi connectivity index (χ1v) is 10.4. The summed E-state index contributed by atoms with van der Waals surface area (Å²) in [6, 6.07) is 18.1. The fourth-order valence-electron chi connectivity index (χ4n) is 3.83. The summed E-state index contributed by atoms with van der Waals surface area (Å²) in [6.45, 7) is 3.59. The zero-order valence-electron chi connectivity index (χ0n) is 18.4. The molecule has 0 aliphatic carbocycles. The molecule has 0 bridgehead atoms. The summed E-state index contributed by atoms with van der Waals surface area (Å²) in [5, 5.41) is 2.77. The highest BCUT2D eigenvalue weighted by molar-refractivity contribution is 6.22. The van der Waals surface area contributed by atoms with Gasteiger partial charge in [-0.2, -0.15) is 0 Å². The van der Waals surface area contributed by atoms with E-state index in [1.54, 1.807) is 26.0 Å². The molecule has 7 heteroatoms. The minimum atomic E-state index is -0.514. The molecule has 0 aromatic heterocycles. The first kappa shape index (κ1) is 22.0. The topological polar surface area (TPSA) is 92.8 Å².